The molecule has 3 nitrogen and oxygen atoms in total. The molecular weight excluding hydrogens is 233 g/mol. The molecule has 2 rings (SSSR count). The first-order valence-electron chi connectivity index (χ1n) is 5.78. The lowest BCUT2D eigenvalue weighted by Gasteiger charge is -2.12. The number of carbonyl (C=O) groups is 1. The van der Waals surface area contributed by atoms with Crippen LogP contribution in [0, 0.1) is 19.7 Å². The summed E-state index contributed by atoms with van der Waals surface area (Å²) in [6, 6.07) is 2.61. The van der Waals surface area contributed by atoms with Crippen LogP contribution in [0.5, 0.6) is 0 Å². The second-order valence-corrected chi connectivity index (χ2v) is 4.33. The van der Waals surface area contributed by atoms with Gasteiger partial charge < -0.3 is 5.11 Å². The van der Waals surface area contributed by atoms with Crippen molar-refractivity contribution in [3.63, 3.8) is 0 Å². The molecule has 0 fully saturated rings. The molecule has 1 heterocycles. The van der Waals surface area contributed by atoms with Crippen molar-refractivity contribution in [1.82, 2.24) is 4.98 Å². The number of carboxylic acid groups (broad SMARTS) is 1. The van der Waals surface area contributed by atoms with E-state index in [2.05, 4.69) is 4.98 Å². The van der Waals surface area contributed by atoms with E-state index in [-0.39, 0.29) is 5.56 Å². The predicted molar refractivity (Wildman–Crippen MR) is 67.5 cm³/mol. The van der Waals surface area contributed by atoms with E-state index in [1.807, 2.05) is 6.92 Å². The van der Waals surface area contributed by atoms with E-state index in [0.29, 0.717) is 34.1 Å². The lowest BCUT2D eigenvalue weighted by atomic mass is 9.97. The molecule has 1 aromatic carbocycles. The number of hydrogen-bond donors (Lipinski definition) is 1. The SMILES string of the molecule is CCc1c(C)nc2c(C)cc(F)cc2c1C(=O)O. The van der Waals surface area contributed by atoms with Crippen molar-refractivity contribution in [3.8, 4) is 0 Å². The fraction of sp³-hybridized carbons (Fsp3) is 0.286. The summed E-state index contributed by atoms with van der Waals surface area (Å²) in [6.07, 6.45) is 0.561. The first kappa shape index (κ1) is 12.5. The first-order valence-corrected chi connectivity index (χ1v) is 5.78. The smallest absolute Gasteiger partial charge is 0.336 e. The summed E-state index contributed by atoms with van der Waals surface area (Å²) < 4.78 is 13.5. The van der Waals surface area contributed by atoms with E-state index < -0.39 is 11.8 Å². The van der Waals surface area contributed by atoms with Crippen LogP contribution in [-0.4, -0.2) is 16.1 Å². The Morgan fingerprint density at radius 1 is 1.39 bits per heavy atom. The number of nitrogens with zero attached hydrogens (tertiary/aromatic N) is 1. The Hall–Kier alpha value is -1.97. The Balaban J connectivity index is 3.01. The maximum absolute atomic E-state index is 13.5. The number of hydrogen-bond acceptors (Lipinski definition) is 2. The number of aromatic nitrogens is 1. The molecule has 0 spiro atoms. The van der Waals surface area contributed by atoms with Crippen LogP contribution < -0.4 is 0 Å². The van der Waals surface area contributed by atoms with Gasteiger partial charge in [0.1, 0.15) is 5.82 Å². The van der Waals surface area contributed by atoms with Crippen molar-refractivity contribution in [2.75, 3.05) is 0 Å². The van der Waals surface area contributed by atoms with Crippen molar-refractivity contribution in [3.05, 3.63) is 40.3 Å². The second kappa shape index (κ2) is 4.37. The van der Waals surface area contributed by atoms with Crippen LogP contribution in [0.3, 0.4) is 0 Å². The van der Waals surface area contributed by atoms with Crippen molar-refractivity contribution in [2.24, 2.45) is 0 Å². The molecule has 18 heavy (non-hydrogen) atoms. The van der Waals surface area contributed by atoms with E-state index in [1.165, 1.54) is 12.1 Å². The van der Waals surface area contributed by atoms with E-state index >= 15 is 0 Å². The molecule has 0 saturated heterocycles. The normalized spacial score (nSPS) is 10.9. The van der Waals surface area contributed by atoms with Gasteiger partial charge in [-0.2, -0.15) is 0 Å². The van der Waals surface area contributed by atoms with E-state index in [4.69, 9.17) is 0 Å². The van der Waals surface area contributed by atoms with Gasteiger partial charge in [0, 0.05) is 11.1 Å². The van der Waals surface area contributed by atoms with Gasteiger partial charge in [-0.05, 0) is 43.5 Å². The molecule has 0 saturated carbocycles. The van der Waals surface area contributed by atoms with Gasteiger partial charge in [-0.15, -0.1) is 0 Å². The highest BCUT2D eigenvalue weighted by molar-refractivity contribution is 6.04. The minimum atomic E-state index is -1.03. The highest BCUT2D eigenvalue weighted by Gasteiger charge is 2.18. The molecule has 94 valence electrons. The monoisotopic (exact) mass is 247 g/mol. The Morgan fingerprint density at radius 3 is 2.61 bits per heavy atom. The fourth-order valence-corrected chi connectivity index (χ4v) is 2.33. The molecule has 4 heteroatoms. The highest BCUT2D eigenvalue weighted by Crippen LogP contribution is 2.27. The molecule has 0 radical (unpaired) electrons. The lowest BCUT2D eigenvalue weighted by molar-refractivity contribution is 0.0697. The topological polar surface area (TPSA) is 50.2 Å². The van der Waals surface area contributed by atoms with Gasteiger partial charge in [0.25, 0.3) is 0 Å². The zero-order valence-electron chi connectivity index (χ0n) is 10.5. The molecule has 1 aromatic heterocycles. The summed E-state index contributed by atoms with van der Waals surface area (Å²) in [5.41, 5.74) is 2.74. The summed E-state index contributed by atoms with van der Waals surface area (Å²) in [7, 11) is 0. The zero-order valence-corrected chi connectivity index (χ0v) is 10.5. The van der Waals surface area contributed by atoms with Gasteiger partial charge in [-0.1, -0.05) is 6.92 Å². The van der Waals surface area contributed by atoms with Gasteiger partial charge in [0.15, 0.2) is 0 Å². The van der Waals surface area contributed by atoms with Crippen molar-refractivity contribution in [2.45, 2.75) is 27.2 Å². The molecule has 0 aliphatic rings. The van der Waals surface area contributed by atoms with Crippen LogP contribution in [0.15, 0.2) is 12.1 Å². The maximum atomic E-state index is 13.5. The summed E-state index contributed by atoms with van der Waals surface area (Å²) in [4.78, 5) is 15.8. The van der Waals surface area contributed by atoms with Crippen LogP contribution in [0.2, 0.25) is 0 Å². The number of aromatic carboxylic acids is 1. The molecule has 0 amide bonds. The predicted octanol–water partition coefficient (Wildman–Crippen LogP) is 3.25. The van der Waals surface area contributed by atoms with Crippen LogP contribution >= 0.6 is 0 Å². The molecule has 1 N–H and O–H groups in total. The second-order valence-electron chi connectivity index (χ2n) is 4.33. The minimum Gasteiger partial charge on any atom is -0.478 e. The number of aryl methyl sites for hydroxylation is 2. The quantitative estimate of drug-likeness (QED) is 0.886. The van der Waals surface area contributed by atoms with Crippen LogP contribution in [0.1, 0.15) is 34.1 Å². The minimum absolute atomic E-state index is 0.169. The summed E-state index contributed by atoms with van der Waals surface area (Å²) >= 11 is 0. The first-order chi connectivity index (χ1) is 8.45. The summed E-state index contributed by atoms with van der Waals surface area (Å²) in [6.45, 7) is 5.39. The summed E-state index contributed by atoms with van der Waals surface area (Å²) in [5.74, 6) is -1.47. The Kier molecular flexibility index (Phi) is 3.03. The van der Waals surface area contributed by atoms with Crippen LogP contribution in [0.4, 0.5) is 4.39 Å². The van der Waals surface area contributed by atoms with Gasteiger partial charge >= 0.3 is 5.97 Å². The molecule has 0 aliphatic heterocycles. The van der Waals surface area contributed by atoms with Crippen molar-refractivity contribution in [1.29, 1.82) is 0 Å². The largest absolute Gasteiger partial charge is 0.478 e. The molecule has 0 unspecified atom stereocenters. The van der Waals surface area contributed by atoms with Crippen LogP contribution in [-0.2, 0) is 6.42 Å². The Labute approximate surface area is 104 Å². The fourth-order valence-electron chi connectivity index (χ4n) is 2.33. The maximum Gasteiger partial charge on any atom is 0.336 e. The lowest BCUT2D eigenvalue weighted by Crippen LogP contribution is -2.08. The Bertz CT molecular complexity index is 650. The molecule has 0 bridgehead atoms. The number of pyridine rings is 1. The standard InChI is InChI=1S/C14H14FNO2/c1-4-10-8(3)16-13-7(2)5-9(15)6-11(13)12(10)14(17)18/h5-6H,4H2,1-3H3,(H,17,18). The van der Waals surface area contributed by atoms with Gasteiger partial charge in [0.2, 0.25) is 0 Å². The molecule has 0 atom stereocenters. The number of benzene rings is 1. The van der Waals surface area contributed by atoms with Crippen molar-refractivity contribution < 1.29 is 14.3 Å². The number of fused-ring (bicyclic) bond motifs is 1. The summed E-state index contributed by atoms with van der Waals surface area (Å²) in [5, 5.41) is 9.73. The highest BCUT2D eigenvalue weighted by atomic mass is 19.1. The van der Waals surface area contributed by atoms with Crippen LogP contribution in [0.25, 0.3) is 10.9 Å². The molecule has 0 aliphatic carbocycles. The number of carboxylic acids is 1. The number of halogens is 1. The van der Waals surface area contributed by atoms with Gasteiger partial charge in [-0.25, -0.2) is 9.18 Å². The average Bonchev–Trinajstić information content (AvgIpc) is 2.28. The van der Waals surface area contributed by atoms with E-state index in [9.17, 15) is 14.3 Å². The van der Waals surface area contributed by atoms with Gasteiger partial charge in [-0.3, -0.25) is 4.98 Å². The van der Waals surface area contributed by atoms with Gasteiger partial charge in [0.05, 0.1) is 11.1 Å². The van der Waals surface area contributed by atoms with E-state index in [0.717, 1.165) is 0 Å². The number of rotatable bonds is 2. The van der Waals surface area contributed by atoms with E-state index in [1.54, 1.807) is 13.8 Å². The third-order valence-electron chi connectivity index (χ3n) is 3.12. The molecular formula is C14H14FNO2. The third-order valence-corrected chi connectivity index (χ3v) is 3.12. The Morgan fingerprint density at radius 2 is 2.06 bits per heavy atom. The average molecular weight is 247 g/mol. The zero-order chi connectivity index (χ0) is 13.4. The van der Waals surface area contributed by atoms with Crippen molar-refractivity contribution >= 4 is 16.9 Å². The third kappa shape index (κ3) is 1.83. The molecule has 2 aromatic rings.